The lowest BCUT2D eigenvalue weighted by Crippen LogP contribution is -2.30. The largest absolute Gasteiger partial charge is 0.364 e. The van der Waals surface area contributed by atoms with Gasteiger partial charge in [0.2, 0.25) is 0 Å². The zero-order chi connectivity index (χ0) is 23.6. The maximum atomic E-state index is 13.1. The third kappa shape index (κ3) is 7.17. The number of imidazole rings is 2. The number of anilines is 2. The first kappa shape index (κ1) is 24.0. The van der Waals surface area contributed by atoms with Crippen molar-refractivity contribution < 1.29 is 8.78 Å². The van der Waals surface area contributed by atoms with Crippen molar-refractivity contribution in [2.75, 3.05) is 16.3 Å². The van der Waals surface area contributed by atoms with Gasteiger partial charge in [-0.25, -0.2) is 18.7 Å². The first-order valence-electron chi connectivity index (χ1n) is 11.0. The maximum Gasteiger partial charge on any atom is 0.125 e. The average Bonchev–Trinajstić information content (AvgIpc) is 3.51. The number of hydrogen-bond acceptors (Lipinski definition) is 4. The Hall–Kier alpha value is -3.68. The monoisotopic (exact) mass is 452 g/mol. The van der Waals surface area contributed by atoms with Gasteiger partial charge in [-0.15, -0.1) is 0 Å². The van der Waals surface area contributed by atoms with Crippen LogP contribution in [-0.4, -0.2) is 32.5 Å². The molecule has 0 atom stereocenters. The summed E-state index contributed by atoms with van der Waals surface area (Å²) in [6.07, 6.45) is 7.04. The van der Waals surface area contributed by atoms with Gasteiger partial charge in [0.25, 0.3) is 0 Å². The van der Waals surface area contributed by atoms with Crippen molar-refractivity contribution in [3.05, 3.63) is 96.6 Å². The van der Waals surface area contributed by atoms with E-state index < -0.39 is 0 Å². The summed E-state index contributed by atoms with van der Waals surface area (Å²) in [5, 5.41) is 0. The average molecular weight is 453 g/mol. The summed E-state index contributed by atoms with van der Waals surface area (Å²) in [6.45, 7) is 8.40. The summed E-state index contributed by atoms with van der Waals surface area (Å²) < 4.78 is 26.0. The second-order valence-corrected chi connectivity index (χ2v) is 7.76. The molecule has 0 amide bonds. The molecule has 4 rings (SSSR count). The molecule has 2 N–H and O–H groups in total. The van der Waals surface area contributed by atoms with Crippen LogP contribution >= 0.6 is 0 Å². The predicted molar refractivity (Wildman–Crippen MR) is 128 cm³/mol. The van der Waals surface area contributed by atoms with Gasteiger partial charge in [-0.1, -0.05) is 6.07 Å². The SMILES string of the molecule is CC(C)N(Cc1ncc[nH]1)c1ccc(F)cc1.CCN(Cc1ncc[nH]1)c1cccc(F)c1. The lowest BCUT2D eigenvalue weighted by atomic mass is 10.2. The smallest absolute Gasteiger partial charge is 0.125 e. The van der Waals surface area contributed by atoms with Gasteiger partial charge in [-0.2, -0.15) is 0 Å². The number of hydrogen-bond donors (Lipinski definition) is 2. The Morgan fingerprint density at radius 2 is 1.45 bits per heavy atom. The number of aromatic nitrogens is 4. The van der Waals surface area contributed by atoms with Crippen LogP contribution in [0.1, 0.15) is 32.4 Å². The summed E-state index contributed by atoms with van der Waals surface area (Å²) in [6, 6.07) is 13.5. The fourth-order valence-corrected chi connectivity index (χ4v) is 3.37. The third-order valence-corrected chi connectivity index (χ3v) is 5.11. The second kappa shape index (κ2) is 11.8. The van der Waals surface area contributed by atoms with Crippen molar-refractivity contribution in [1.82, 2.24) is 19.9 Å². The minimum atomic E-state index is -0.213. The van der Waals surface area contributed by atoms with Crippen molar-refractivity contribution in [3.63, 3.8) is 0 Å². The first-order valence-corrected chi connectivity index (χ1v) is 11.0. The molecule has 0 unspecified atom stereocenters. The van der Waals surface area contributed by atoms with Crippen LogP contribution in [0.25, 0.3) is 0 Å². The highest BCUT2D eigenvalue weighted by Crippen LogP contribution is 2.19. The fourth-order valence-electron chi connectivity index (χ4n) is 3.37. The van der Waals surface area contributed by atoms with Gasteiger partial charge in [0, 0.05) is 48.7 Å². The molecule has 174 valence electrons. The molecule has 0 spiro atoms. The van der Waals surface area contributed by atoms with E-state index in [1.54, 1.807) is 43.0 Å². The highest BCUT2D eigenvalue weighted by atomic mass is 19.1. The molecular formula is C25H30F2N6. The van der Waals surface area contributed by atoms with Crippen LogP contribution in [-0.2, 0) is 13.1 Å². The lowest BCUT2D eigenvalue weighted by molar-refractivity contribution is 0.624. The maximum absolute atomic E-state index is 13.1. The third-order valence-electron chi connectivity index (χ3n) is 5.11. The molecule has 0 saturated heterocycles. The Bertz CT molecular complexity index is 1060. The van der Waals surface area contributed by atoms with Crippen molar-refractivity contribution in [1.29, 1.82) is 0 Å². The number of halogens is 2. The van der Waals surface area contributed by atoms with Crippen LogP contribution in [0.2, 0.25) is 0 Å². The van der Waals surface area contributed by atoms with Crippen LogP contribution in [0, 0.1) is 11.6 Å². The van der Waals surface area contributed by atoms with Crippen LogP contribution in [0.3, 0.4) is 0 Å². The molecule has 0 aliphatic heterocycles. The number of benzene rings is 2. The molecule has 0 aliphatic rings. The van der Waals surface area contributed by atoms with E-state index in [2.05, 4.69) is 43.6 Å². The van der Waals surface area contributed by atoms with Gasteiger partial charge >= 0.3 is 0 Å². The normalized spacial score (nSPS) is 10.6. The quantitative estimate of drug-likeness (QED) is 0.369. The summed E-state index contributed by atoms with van der Waals surface area (Å²) in [5.74, 6) is 1.36. The zero-order valence-corrected chi connectivity index (χ0v) is 19.2. The first-order chi connectivity index (χ1) is 16.0. The highest BCUT2D eigenvalue weighted by molar-refractivity contribution is 5.47. The minimum absolute atomic E-state index is 0.213. The van der Waals surface area contributed by atoms with E-state index in [1.165, 1.54) is 24.3 Å². The molecule has 4 aromatic rings. The Kier molecular flexibility index (Phi) is 8.57. The molecule has 0 saturated carbocycles. The van der Waals surface area contributed by atoms with Crippen molar-refractivity contribution in [2.24, 2.45) is 0 Å². The topological polar surface area (TPSA) is 63.8 Å². The van der Waals surface area contributed by atoms with Gasteiger partial charge in [0.1, 0.15) is 23.3 Å². The van der Waals surface area contributed by atoms with Crippen LogP contribution in [0.5, 0.6) is 0 Å². The molecule has 33 heavy (non-hydrogen) atoms. The van der Waals surface area contributed by atoms with Crippen molar-refractivity contribution in [2.45, 2.75) is 39.9 Å². The second-order valence-electron chi connectivity index (χ2n) is 7.76. The van der Waals surface area contributed by atoms with E-state index >= 15 is 0 Å². The van der Waals surface area contributed by atoms with Crippen molar-refractivity contribution >= 4 is 11.4 Å². The molecule has 0 radical (unpaired) electrons. The number of nitrogens with zero attached hydrogens (tertiary/aromatic N) is 4. The minimum Gasteiger partial charge on any atom is -0.364 e. The Morgan fingerprint density at radius 3 is 1.97 bits per heavy atom. The van der Waals surface area contributed by atoms with Gasteiger partial charge in [-0.3, -0.25) is 0 Å². The fraction of sp³-hybridized carbons (Fsp3) is 0.280. The Labute approximate surface area is 193 Å². The van der Waals surface area contributed by atoms with Gasteiger partial charge < -0.3 is 19.8 Å². The molecule has 0 bridgehead atoms. The lowest BCUT2D eigenvalue weighted by Gasteiger charge is -2.28. The van der Waals surface area contributed by atoms with E-state index in [1.807, 2.05) is 13.0 Å². The summed E-state index contributed by atoms with van der Waals surface area (Å²) in [7, 11) is 0. The van der Waals surface area contributed by atoms with E-state index in [4.69, 9.17) is 0 Å². The molecule has 2 aromatic heterocycles. The zero-order valence-electron chi connectivity index (χ0n) is 19.2. The molecule has 2 aromatic carbocycles. The summed E-state index contributed by atoms with van der Waals surface area (Å²) in [5.41, 5.74) is 1.87. The van der Waals surface area contributed by atoms with Gasteiger partial charge in [0.05, 0.1) is 13.1 Å². The molecule has 0 fully saturated rings. The van der Waals surface area contributed by atoms with Crippen LogP contribution in [0.4, 0.5) is 20.2 Å². The Balaban J connectivity index is 0.000000186. The summed E-state index contributed by atoms with van der Waals surface area (Å²) >= 11 is 0. The van der Waals surface area contributed by atoms with E-state index in [0.29, 0.717) is 19.1 Å². The van der Waals surface area contributed by atoms with Crippen molar-refractivity contribution in [3.8, 4) is 0 Å². The number of rotatable bonds is 8. The number of H-pyrrole nitrogens is 2. The number of aromatic amines is 2. The van der Waals surface area contributed by atoms with Gasteiger partial charge in [-0.05, 0) is 63.2 Å². The van der Waals surface area contributed by atoms with Gasteiger partial charge in [0.15, 0.2) is 0 Å². The Morgan fingerprint density at radius 1 is 0.818 bits per heavy atom. The standard InChI is InChI=1S/C13H16FN3.C12H14FN3/c1-10(2)17(9-13-15-7-8-16-13)12-5-3-11(14)4-6-12;1-2-16(9-12-14-6-7-15-12)11-5-3-4-10(13)8-11/h3-8,10H,9H2,1-2H3,(H,15,16);3-8H,2,9H2,1H3,(H,14,15). The number of nitrogens with one attached hydrogen (secondary N) is 2. The molecule has 2 heterocycles. The van der Waals surface area contributed by atoms with E-state index in [9.17, 15) is 8.78 Å². The van der Waals surface area contributed by atoms with Crippen LogP contribution in [0.15, 0.2) is 73.3 Å². The molecule has 6 nitrogen and oxygen atoms in total. The van der Waals surface area contributed by atoms with E-state index in [-0.39, 0.29) is 11.6 Å². The van der Waals surface area contributed by atoms with E-state index in [0.717, 1.165) is 29.6 Å². The molecule has 0 aliphatic carbocycles. The van der Waals surface area contributed by atoms with Crippen LogP contribution < -0.4 is 9.80 Å². The molecule has 8 heteroatoms. The summed E-state index contributed by atoms with van der Waals surface area (Å²) in [4.78, 5) is 18.7. The molecular weight excluding hydrogens is 422 g/mol. The highest BCUT2D eigenvalue weighted by Gasteiger charge is 2.12. The predicted octanol–water partition coefficient (Wildman–Crippen LogP) is 5.54.